The summed E-state index contributed by atoms with van der Waals surface area (Å²) in [6.45, 7) is 11.0. The average molecular weight is 282 g/mol. The van der Waals surface area contributed by atoms with Crippen LogP contribution in [0.3, 0.4) is 0 Å². The molecule has 0 saturated carbocycles. The number of hydrogen-bond donors (Lipinski definition) is 0. The fraction of sp³-hybridized carbons (Fsp3) is 0.625. The highest BCUT2D eigenvalue weighted by molar-refractivity contribution is 5.81. The molecule has 0 N–H and O–H groups in total. The molecule has 1 unspecified atom stereocenters. The lowest BCUT2D eigenvalue weighted by Crippen LogP contribution is -2.33. The van der Waals surface area contributed by atoms with E-state index in [9.17, 15) is 9.59 Å². The van der Waals surface area contributed by atoms with Gasteiger partial charge < -0.3 is 9.47 Å². The van der Waals surface area contributed by atoms with Crippen molar-refractivity contribution in [2.24, 2.45) is 0 Å². The molecule has 0 saturated heterocycles. The third kappa shape index (κ3) is 8.51. The van der Waals surface area contributed by atoms with Gasteiger partial charge in [0, 0.05) is 18.6 Å². The smallest absolute Gasteiger partial charge is 0.330 e. The van der Waals surface area contributed by atoms with Crippen molar-refractivity contribution in [1.29, 1.82) is 0 Å². The van der Waals surface area contributed by atoms with Gasteiger partial charge in [0.1, 0.15) is 5.60 Å². The van der Waals surface area contributed by atoms with Crippen molar-refractivity contribution in [1.82, 2.24) is 0 Å². The van der Waals surface area contributed by atoms with Crippen LogP contribution in [0.2, 0.25) is 0 Å². The largest absolute Gasteiger partial charge is 0.462 e. The zero-order chi connectivity index (χ0) is 15.4. The Kier molecular flexibility index (Phi) is 9.43. The lowest BCUT2D eigenvalue weighted by molar-refractivity contribution is -0.155. The van der Waals surface area contributed by atoms with Crippen LogP contribution in [0.1, 0.15) is 52.4 Å². The van der Waals surface area contributed by atoms with Gasteiger partial charge in [-0.2, -0.15) is 0 Å². The van der Waals surface area contributed by atoms with Gasteiger partial charge in [0.15, 0.2) is 0 Å². The molecule has 1 atom stereocenters. The molecule has 0 bridgehead atoms. The molecular weight excluding hydrogens is 256 g/mol. The zero-order valence-corrected chi connectivity index (χ0v) is 12.7. The number of unbranched alkanes of at least 4 members (excludes halogenated alkanes) is 3. The maximum Gasteiger partial charge on any atom is 0.330 e. The van der Waals surface area contributed by atoms with E-state index in [1.807, 2.05) is 6.92 Å². The van der Waals surface area contributed by atoms with Gasteiger partial charge in [-0.15, -0.1) is 0 Å². The number of carbonyl (C=O) groups excluding carboxylic acids is 2. The van der Waals surface area contributed by atoms with Crippen molar-refractivity contribution in [3.05, 3.63) is 25.3 Å². The van der Waals surface area contributed by atoms with Crippen molar-refractivity contribution < 1.29 is 19.1 Å². The van der Waals surface area contributed by atoms with Gasteiger partial charge in [-0.3, -0.25) is 0 Å². The second-order valence-electron chi connectivity index (χ2n) is 5.01. The fourth-order valence-corrected chi connectivity index (χ4v) is 1.86. The number of ether oxygens (including phenoxy) is 2. The molecule has 4 heteroatoms. The van der Waals surface area contributed by atoms with Gasteiger partial charge in [-0.1, -0.05) is 39.3 Å². The first-order valence-corrected chi connectivity index (χ1v) is 7.12. The molecule has 0 aromatic rings. The maximum atomic E-state index is 11.4. The fourth-order valence-electron chi connectivity index (χ4n) is 1.86. The van der Waals surface area contributed by atoms with E-state index in [2.05, 4.69) is 20.1 Å². The Bertz CT molecular complexity index is 335. The molecule has 0 aliphatic rings. The summed E-state index contributed by atoms with van der Waals surface area (Å²) in [6, 6.07) is 0. The van der Waals surface area contributed by atoms with Gasteiger partial charge in [0.2, 0.25) is 0 Å². The summed E-state index contributed by atoms with van der Waals surface area (Å²) < 4.78 is 10.4. The van der Waals surface area contributed by atoms with Crippen LogP contribution in [0.4, 0.5) is 0 Å². The summed E-state index contributed by atoms with van der Waals surface area (Å²) >= 11 is 0. The molecule has 0 aromatic heterocycles. The van der Waals surface area contributed by atoms with Gasteiger partial charge in [0.05, 0.1) is 6.61 Å². The zero-order valence-electron chi connectivity index (χ0n) is 12.7. The monoisotopic (exact) mass is 282 g/mol. The van der Waals surface area contributed by atoms with Crippen molar-refractivity contribution in [3.8, 4) is 0 Å². The van der Waals surface area contributed by atoms with Crippen LogP contribution >= 0.6 is 0 Å². The van der Waals surface area contributed by atoms with Gasteiger partial charge in [-0.05, 0) is 19.8 Å². The number of hydrogen-bond acceptors (Lipinski definition) is 4. The molecule has 0 fully saturated rings. The minimum absolute atomic E-state index is 0.208. The van der Waals surface area contributed by atoms with E-state index in [1.54, 1.807) is 0 Å². The predicted octanol–water partition coefficient (Wildman–Crippen LogP) is 3.56. The molecule has 0 aliphatic heterocycles. The Morgan fingerprint density at radius 3 is 2.25 bits per heavy atom. The van der Waals surface area contributed by atoms with Crippen LogP contribution in [-0.4, -0.2) is 24.1 Å². The van der Waals surface area contributed by atoms with Crippen LogP contribution in [0.5, 0.6) is 0 Å². The third-order valence-electron chi connectivity index (χ3n) is 3.11. The Morgan fingerprint density at radius 1 is 1.05 bits per heavy atom. The Balaban J connectivity index is 4.35. The van der Waals surface area contributed by atoms with Crippen LogP contribution < -0.4 is 0 Å². The van der Waals surface area contributed by atoms with E-state index in [0.29, 0.717) is 6.42 Å². The SMILES string of the molecule is C=CC(=O)OCCC(C)(CCCCCC)OC(=O)C=C. The highest BCUT2D eigenvalue weighted by Gasteiger charge is 2.27. The van der Waals surface area contributed by atoms with E-state index >= 15 is 0 Å². The van der Waals surface area contributed by atoms with Crippen LogP contribution in [0, 0.1) is 0 Å². The van der Waals surface area contributed by atoms with Crippen LogP contribution in [0.15, 0.2) is 25.3 Å². The summed E-state index contributed by atoms with van der Waals surface area (Å²) in [5.41, 5.74) is -0.625. The first kappa shape index (κ1) is 18.4. The molecule has 0 spiro atoms. The topological polar surface area (TPSA) is 52.6 Å². The molecule has 0 amide bonds. The molecular formula is C16H26O4. The van der Waals surface area contributed by atoms with Crippen molar-refractivity contribution in [2.75, 3.05) is 6.61 Å². The number of esters is 2. The van der Waals surface area contributed by atoms with Crippen LogP contribution in [-0.2, 0) is 19.1 Å². The molecule has 4 nitrogen and oxygen atoms in total. The number of rotatable bonds is 11. The summed E-state index contributed by atoms with van der Waals surface area (Å²) in [5.74, 6) is -0.911. The molecule has 0 aromatic carbocycles. The third-order valence-corrected chi connectivity index (χ3v) is 3.11. The van der Waals surface area contributed by atoms with E-state index in [4.69, 9.17) is 9.47 Å². The van der Waals surface area contributed by atoms with Crippen molar-refractivity contribution in [2.45, 2.75) is 58.0 Å². The van der Waals surface area contributed by atoms with E-state index in [-0.39, 0.29) is 6.61 Å². The first-order valence-electron chi connectivity index (χ1n) is 7.12. The molecule has 0 rings (SSSR count). The second kappa shape index (κ2) is 10.2. The minimum Gasteiger partial charge on any atom is -0.462 e. The highest BCUT2D eigenvalue weighted by Crippen LogP contribution is 2.24. The lowest BCUT2D eigenvalue weighted by atomic mass is 9.94. The molecule has 114 valence electrons. The standard InChI is InChI=1S/C16H26O4/c1-5-8-9-10-11-16(4,20-15(18)7-3)12-13-19-14(17)6-2/h6-7H,2-3,5,8-13H2,1,4H3. The van der Waals surface area contributed by atoms with Crippen molar-refractivity contribution >= 4 is 11.9 Å². The molecule has 0 radical (unpaired) electrons. The average Bonchev–Trinajstić information content (AvgIpc) is 2.43. The Hall–Kier alpha value is -1.58. The summed E-state index contributed by atoms with van der Waals surface area (Å²) in [6.07, 6.45) is 7.89. The molecule has 0 heterocycles. The Morgan fingerprint density at radius 2 is 1.70 bits per heavy atom. The second-order valence-corrected chi connectivity index (χ2v) is 5.01. The number of carbonyl (C=O) groups is 2. The minimum atomic E-state index is -0.625. The highest BCUT2D eigenvalue weighted by atomic mass is 16.6. The molecule has 0 aliphatic carbocycles. The first-order chi connectivity index (χ1) is 9.47. The molecule has 20 heavy (non-hydrogen) atoms. The van der Waals surface area contributed by atoms with Crippen molar-refractivity contribution in [3.63, 3.8) is 0 Å². The van der Waals surface area contributed by atoms with E-state index in [1.165, 1.54) is 0 Å². The van der Waals surface area contributed by atoms with Gasteiger partial charge >= 0.3 is 11.9 Å². The Labute approximate surface area is 121 Å². The summed E-state index contributed by atoms with van der Waals surface area (Å²) in [4.78, 5) is 22.4. The van der Waals surface area contributed by atoms with E-state index in [0.717, 1.165) is 44.3 Å². The summed E-state index contributed by atoms with van der Waals surface area (Å²) in [5, 5.41) is 0. The van der Waals surface area contributed by atoms with Gasteiger partial charge in [-0.25, -0.2) is 9.59 Å². The lowest BCUT2D eigenvalue weighted by Gasteiger charge is -2.29. The van der Waals surface area contributed by atoms with Crippen LogP contribution in [0.25, 0.3) is 0 Å². The van der Waals surface area contributed by atoms with E-state index < -0.39 is 17.5 Å². The quantitative estimate of drug-likeness (QED) is 0.330. The van der Waals surface area contributed by atoms with Gasteiger partial charge in [0.25, 0.3) is 0 Å². The summed E-state index contributed by atoms with van der Waals surface area (Å²) in [7, 11) is 0. The normalized spacial score (nSPS) is 13.1. The predicted molar refractivity (Wildman–Crippen MR) is 79.2 cm³/mol. The maximum absolute atomic E-state index is 11.4.